The molecule has 2 rings (SSSR count). The van der Waals surface area contributed by atoms with Crippen molar-refractivity contribution in [3.63, 3.8) is 0 Å². The summed E-state index contributed by atoms with van der Waals surface area (Å²) in [7, 11) is 0. The Morgan fingerprint density at radius 2 is 1.68 bits per heavy atom. The lowest BCUT2D eigenvalue weighted by molar-refractivity contribution is 0.0746. The van der Waals surface area contributed by atoms with Crippen LogP contribution in [0.25, 0.3) is 0 Å². The predicted octanol–water partition coefficient (Wildman–Crippen LogP) is 4.06. The molecule has 0 aliphatic rings. The van der Waals surface area contributed by atoms with Crippen LogP contribution in [-0.2, 0) is 12.8 Å². The standard InChI is InChI=1S/C20H20O2/c1-3-9-15-13-8-14-18(17(15)10-4-2)20(22)19(21)16-11-6-5-7-12-16/h3-8,11-14,19,21H,1-2,9-10H2. The summed E-state index contributed by atoms with van der Waals surface area (Å²) in [5.41, 5.74) is 3.11. The van der Waals surface area contributed by atoms with E-state index in [0.29, 0.717) is 24.0 Å². The number of ketones is 1. The molecule has 1 unspecified atom stereocenters. The molecule has 0 saturated heterocycles. The van der Waals surface area contributed by atoms with Gasteiger partial charge in [-0.15, -0.1) is 13.2 Å². The van der Waals surface area contributed by atoms with Gasteiger partial charge in [-0.3, -0.25) is 4.79 Å². The second kappa shape index (κ2) is 7.53. The molecule has 0 fully saturated rings. The molecule has 0 saturated carbocycles. The van der Waals surface area contributed by atoms with Gasteiger partial charge >= 0.3 is 0 Å². The average Bonchev–Trinajstić information content (AvgIpc) is 2.56. The molecule has 2 heteroatoms. The van der Waals surface area contributed by atoms with Crippen molar-refractivity contribution in [3.05, 3.63) is 96.1 Å². The van der Waals surface area contributed by atoms with Crippen molar-refractivity contribution in [3.8, 4) is 0 Å². The van der Waals surface area contributed by atoms with Crippen LogP contribution in [0.2, 0.25) is 0 Å². The van der Waals surface area contributed by atoms with Crippen LogP contribution < -0.4 is 0 Å². The third-order valence-corrected chi connectivity index (χ3v) is 3.61. The minimum Gasteiger partial charge on any atom is -0.380 e. The molecule has 0 bridgehead atoms. The summed E-state index contributed by atoms with van der Waals surface area (Å²) in [4.78, 5) is 12.7. The third kappa shape index (κ3) is 3.41. The molecule has 112 valence electrons. The number of hydrogen-bond acceptors (Lipinski definition) is 2. The van der Waals surface area contributed by atoms with E-state index in [9.17, 15) is 9.90 Å². The fourth-order valence-corrected chi connectivity index (χ4v) is 2.53. The van der Waals surface area contributed by atoms with E-state index < -0.39 is 6.10 Å². The van der Waals surface area contributed by atoms with E-state index in [4.69, 9.17) is 0 Å². The van der Waals surface area contributed by atoms with Gasteiger partial charge in [-0.05, 0) is 29.5 Å². The second-order valence-corrected chi connectivity index (χ2v) is 5.11. The van der Waals surface area contributed by atoms with Crippen LogP contribution in [0.1, 0.15) is 33.2 Å². The topological polar surface area (TPSA) is 37.3 Å². The number of allylic oxidation sites excluding steroid dienone is 2. The van der Waals surface area contributed by atoms with Crippen LogP contribution in [0.5, 0.6) is 0 Å². The fraction of sp³-hybridized carbons (Fsp3) is 0.150. The average molecular weight is 292 g/mol. The SMILES string of the molecule is C=CCc1cccc(C(=O)C(O)c2ccccc2)c1CC=C. The van der Waals surface area contributed by atoms with Gasteiger partial charge in [-0.1, -0.05) is 60.7 Å². The summed E-state index contributed by atoms with van der Waals surface area (Å²) < 4.78 is 0. The van der Waals surface area contributed by atoms with Gasteiger partial charge in [0.15, 0.2) is 5.78 Å². The minimum absolute atomic E-state index is 0.283. The molecule has 0 aromatic heterocycles. The van der Waals surface area contributed by atoms with Crippen molar-refractivity contribution in [2.24, 2.45) is 0 Å². The molecule has 0 spiro atoms. The van der Waals surface area contributed by atoms with E-state index in [1.165, 1.54) is 0 Å². The van der Waals surface area contributed by atoms with Gasteiger partial charge < -0.3 is 5.11 Å². The van der Waals surface area contributed by atoms with E-state index >= 15 is 0 Å². The lowest BCUT2D eigenvalue weighted by Gasteiger charge is -2.15. The molecule has 2 nitrogen and oxygen atoms in total. The Bertz CT molecular complexity index is 671. The van der Waals surface area contributed by atoms with Gasteiger partial charge in [-0.2, -0.15) is 0 Å². The molecule has 0 radical (unpaired) electrons. The normalized spacial score (nSPS) is 11.7. The number of aliphatic hydroxyl groups is 1. The highest BCUT2D eigenvalue weighted by Crippen LogP contribution is 2.24. The second-order valence-electron chi connectivity index (χ2n) is 5.11. The Morgan fingerprint density at radius 1 is 1.00 bits per heavy atom. The smallest absolute Gasteiger partial charge is 0.196 e. The molecule has 1 atom stereocenters. The lowest BCUT2D eigenvalue weighted by atomic mass is 9.90. The Balaban J connectivity index is 2.42. The Labute approximate surface area is 131 Å². The quantitative estimate of drug-likeness (QED) is 0.617. The first kappa shape index (κ1) is 15.9. The summed E-state index contributed by atoms with van der Waals surface area (Å²) in [6.45, 7) is 7.52. The lowest BCUT2D eigenvalue weighted by Crippen LogP contribution is -2.15. The van der Waals surface area contributed by atoms with Crippen molar-refractivity contribution >= 4 is 5.78 Å². The number of Topliss-reactive ketones (excluding diaryl/α,β-unsaturated/α-hetero) is 1. The summed E-state index contributed by atoms with van der Waals surface area (Å²) in [6.07, 6.45) is 3.71. The maximum absolute atomic E-state index is 12.7. The predicted molar refractivity (Wildman–Crippen MR) is 90.0 cm³/mol. The number of rotatable bonds is 7. The van der Waals surface area contributed by atoms with Crippen molar-refractivity contribution in [2.45, 2.75) is 18.9 Å². The summed E-state index contributed by atoms with van der Waals surface area (Å²) in [5, 5.41) is 10.4. The van der Waals surface area contributed by atoms with E-state index in [1.54, 1.807) is 24.3 Å². The zero-order valence-electron chi connectivity index (χ0n) is 12.5. The molecule has 0 heterocycles. The molecule has 0 aliphatic carbocycles. The Hall–Kier alpha value is -2.45. The molecule has 0 aliphatic heterocycles. The number of carbonyl (C=O) groups is 1. The first-order chi connectivity index (χ1) is 10.7. The number of benzene rings is 2. The van der Waals surface area contributed by atoms with Crippen LogP contribution in [0.4, 0.5) is 0 Å². The Kier molecular flexibility index (Phi) is 5.45. The molecular weight excluding hydrogens is 272 g/mol. The number of carbonyl (C=O) groups excluding carboxylic acids is 1. The maximum atomic E-state index is 12.7. The van der Waals surface area contributed by atoms with Crippen molar-refractivity contribution < 1.29 is 9.90 Å². The Morgan fingerprint density at radius 3 is 2.32 bits per heavy atom. The van der Waals surface area contributed by atoms with Crippen LogP contribution in [0, 0.1) is 0 Å². The fourth-order valence-electron chi connectivity index (χ4n) is 2.53. The van der Waals surface area contributed by atoms with E-state index in [1.807, 2.05) is 36.4 Å². The first-order valence-corrected chi connectivity index (χ1v) is 7.28. The molecule has 2 aromatic carbocycles. The van der Waals surface area contributed by atoms with Crippen molar-refractivity contribution in [2.75, 3.05) is 0 Å². The monoisotopic (exact) mass is 292 g/mol. The van der Waals surface area contributed by atoms with Crippen LogP contribution in [0.3, 0.4) is 0 Å². The molecule has 2 aromatic rings. The largest absolute Gasteiger partial charge is 0.380 e. The van der Waals surface area contributed by atoms with Crippen molar-refractivity contribution in [1.82, 2.24) is 0 Å². The zero-order valence-corrected chi connectivity index (χ0v) is 12.5. The van der Waals surface area contributed by atoms with Crippen LogP contribution in [-0.4, -0.2) is 10.9 Å². The summed E-state index contributed by atoms with van der Waals surface area (Å²) in [5.74, 6) is -0.283. The van der Waals surface area contributed by atoms with E-state index in [-0.39, 0.29) is 5.78 Å². The highest BCUT2D eigenvalue weighted by atomic mass is 16.3. The van der Waals surface area contributed by atoms with Gasteiger partial charge in [0.25, 0.3) is 0 Å². The zero-order chi connectivity index (χ0) is 15.9. The molecule has 22 heavy (non-hydrogen) atoms. The van der Waals surface area contributed by atoms with Gasteiger partial charge in [0, 0.05) is 5.56 Å². The number of hydrogen-bond donors (Lipinski definition) is 1. The third-order valence-electron chi connectivity index (χ3n) is 3.61. The van der Waals surface area contributed by atoms with Crippen LogP contribution in [0.15, 0.2) is 73.8 Å². The molecule has 0 amide bonds. The van der Waals surface area contributed by atoms with Crippen LogP contribution >= 0.6 is 0 Å². The van der Waals surface area contributed by atoms with E-state index in [2.05, 4.69) is 13.2 Å². The highest BCUT2D eigenvalue weighted by molar-refractivity contribution is 6.01. The van der Waals surface area contributed by atoms with Gasteiger partial charge in [0.1, 0.15) is 6.10 Å². The van der Waals surface area contributed by atoms with Gasteiger partial charge in [0.2, 0.25) is 0 Å². The van der Waals surface area contributed by atoms with Gasteiger partial charge in [-0.25, -0.2) is 0 Å². The van der Waals surface area contributed by atoms with Crippen molar-refractivity contribution in [1.29, 1.82) is 0 Å². The minimum atomic E-state index is -1.15. The highest BCUT2D eigenvalue weighted by Gasteiger charge is 2.22. The number of aliphatic hydroxyl groups excluding tert-OH is 1. The summed E-state index contributed by atoms with van der Waals surface area (Å²) >= 11 is 0. The summed E-state index contributed by atoms with van der Waals surface area (Å²) in [6, 6.07) is 14.6. The molecular formula is C20H20O2. The first-order valence-electron chi connectivity index (χ1n) is 7.28. The maximum Gasteiger partial charge on any atom is 0.196 e. The van der Waals surface area contributed by atoms with Gasteiger partial charge in [0.05, 0.1) is 0 Å². The van der Waals surface area contributed by atoms with E-state index in [0.717, 1.165) is 11.1 Å². The molecule has 1 N–H and O–H groups in total.